The zero-order valence-electron chi connectivity index (χ0n) is 24.1. The topological polar surface area (TPSA) is 89.8 Å². The van der Waals surface area contributed by atoms with Crippen LogP contribution in [0, 0.1) is 0 Å². The van der Waals surface area contributed by atoms with Gasteiger partial charge in [0.25, 0.3) is 0 Å². The van der Waals surface area contributed by atoms with Gasteiger partial charge >= 0.3 is 0 Å². The van der Waals surface area contributed by atoms with Crippen molar-refractivity contribution in [3.05, 3.63) is 36.5 Å². The van der Waals surface area contributed by atoms with Crippen molar-refractivity contribution in [2.75, 3.05) is 6.61 Å². The number of aliphatic hydroxyl groups excluding tert-OH is 3. The van der Waals surface area contributed by atoms with Crippen molar-refractivity contribution in [3.63, 3.8) is 0 Å². The van der Waals surface area contributed by atoms with E-state index in [2.05, 4.69) is 55.6 Å². The fourth-order valence-corrected chi connectivity index (χ4v) is 4.21. The molecule has 0 aliphatic carbocycles. The molecule has 5 nitrogen and oxygen atoms in total. The smallest absolute Gasteiger partial charge is 0.220 e. The van der Waals surface area contributed by atoms with E-state index in [4.69, 9.17) is 0 Å². The number of allylic oxidation sites excluding steroid dienone is 6. The van der Waals surface area contributed by atoms with Crippen LogP contribution in [0.3, 0.4) is 0 Å². The lowest BCUT2D eigenvalue weighted by Gasteiger charge is -2.26. The first-order chi connectivity index (χ1) is 18.1. The van der Waals surface area contributed by atoms with E-state index < -0.39 is 18.2 Å². The van der Waals surface area contributed by atoms with Crippen molar-refractivity contribution in [2.24, 2.45) is 0 Å². The second-order valence-corrected chi connectivity index (χ2v) is 10.3. The minimum atomic E-state index is -1.17. The third-order valence-electron chi connectivity index (χ3n) is 6.69. The highest BCUT2D eigenvalue weighted by atomic mass is 16.3. The zero-order valence-corrected chi connectivity index (χ0v) is 24.1. The van der Waals surface area contributed by atoms with Crippen LogP contribution in [0.4, 0.5) is 0 Å². The molecule has 3 unspecified atom stereocenters. The molecule has 0 spiro atoms. The van der Waals surface area contributed by atoms with Crippen molar-refractivity contribution in [3.8, 4) is 0 Å². The van der Waals surface area contributed by atoms with Crippen LogP contribution in [0.2, 0.25) is 0 Å². The summed E-state index contributed by atoms with van der Waals surface area (Å²) in [6, 6.07) is -0.833. The number of carbonyl (C=O) groups excluding carboxylic acids is 1. The van der Waals surface area contributed by atoms with Gasteiger partial charge in [0.2, 0.25) is 5.91 Å². The number of unbranched alkanes of at least 4 members (excludes halogenated alkanes) is 12. The Balaban J connectivity index is 3.89. The van der Waals surface area contributed by atoms with E-state index in [1.807, 2.05) is 0 Å². The first-order valence-electron chi connectivity index (χ1n) is 15.3. The van der Waals surface area contributed by atoms with Crippen LogP contribution in [0.1, 0.15) is 136 Å². The molecule has 0 saturated carbocycles. The number of carbonyl (C=O) groups is 1. The van der Waals surface area contributed by atoms with Crippen LogP contribution < -0.4 is 5.32 Å². The zero-order chi connectivity index (χ0) is 27.4. The van der Waals surface area contributed by atoms with Crippen molar-refractivity contribution < 1.29 is 20.1 Å². The molecule has 216 valence electrons. The number of nitrogens with one attached hydrogen (secondary N) is 1. The van der Waals surface area contributed by atoms with E-state index >= 15 is 0 Å². The first-order valence-corrected chi connectivity index (χ1v) is 15.3. The Hall–Kier alpha value is -1.43. The summed E-state index contributed by atoms with van der Waals surface area (Å²) < 4.78 is 0. The summed E-state index contributed by atoms with van der Waals surface area (Å²) in [7, 11) is 0. The molecule has 0 saturated heterocycles. The van der Waals surface area contributed by atoms with Crippen LogP contribution in [-0.2, 0) is 4.79 Å². The molecule has 0 rings (SSSR count). The third kappa shape index (κ3) is 23.4. The molecule has 37 heavy (non-hydrogen) atoms. The Morgan fingerprint density at radius 2 is 1.14 bits per heavy atom. The highest BCUT2D eigenvalue weighted by Gasteiger charge is 2.26. The third-order valence-corrected chi connectivity index (χ3v) is 6.69. The van der Waals surface area contributed by atoms with Crippen molar-refractivity contribution in [1.29, 1.82) is 0 Å². The van der Waals surface area contributed by atoms with E-state index in [-0.39, 0.29) is 12.5 Å². The first kappa shape index (κ1) is 35.6. The summed E-state index contributed by atoms with van der Waals surface area (Å²) >= 11 is 0. The lowest BCUT2D eigenvalue weighted by atomic mass is 10.0. The van der Waals surface area contributed by atoms with Crippen molar-refractivity contribution >= 4 is 5.91 Å². The minimum Gasteiger partial charge on any atom is -0.394 e. The lowest BCUT2D eigenvalue weighted by molar-refractivity contribution is -0.124. The molecule has 0 heterocycles. The predicted molar refractivity (Wildman–Crippen MR) is 158 cm³/mol. The fourth-order valence-electron chi connectivity index (χ4n) is 4.21. The summed E-state index contributed by atoms with van der Waals surface area (Å²) in [5, 5.41) is 33.0. The monoisotopic (exact) mass is 521 g/mol. The number of amides is 1. The second-order valence-electron chi connectivity index (χ2n) is 10.3. The molecule has 0 aliphatic rings. The predicted octanol–water partition coefficient (Wildman–Crippen LogP) is 7.31. The number of aliphatic hydroxyl groups is 3. The molecule has 5 heteroatoms. The van der Waals surface area contributed by atoms with E-state index in [0.717, 1.165) is 64.2 Å². The maximum absolute atomic E-state index is 12.2. The summed E-state index contributed by atoms with van der Waals surface area (Å²) in [4.78, 5) is 12.2. The Bertz CT molecular complexity index is 587. The molecule has 0 aliphatic heterocycles. The minimum absolute atomic E-state index is 0.178. The Labute approximate surface area is 228 Å². The van der Waals surface area contributed by atoms with Gasteiger partial charge in [-0.05, 0) is 70.6 Å². The second kappa shape index (κ2) is 27.6. The van der Waals surface area contributed by atoms with Gasteiger partial charge in [0, 0.05) is 6.42 Å². The summed E-state index contributed by atoms with van der Waals surface area (Å²) in [6.07, 6.45) is 30.9. The molecule has 0 radical (unpaired) electrons. The van der Waals surface area contributed by atoms with E-state index in [1.54, 1.807) is 0 Å². The molecule has 4 N–H and O–H groups in total. The maximum Gasteiger partial charge on any atom is 0.220 e. The van der Waals surface area contributed by atoms with E-state index in [1.165, 1.54) is 44.9 Å². The van der Waals surface area contributed by atoms with Gasteiger partial charge < -0.3 is 20.6 Å². The van der Waals surface area contributed by atoms with Crippen LogP contribution in [-0.4, -0.2) is 46.1 Å². The summed E-state index contributed by atoms with van der Waals surface area (Å²) in [5.74, 6) is -0.178. The molecular weight excluding hydrogens is 462 g/mol. The molecule has 0 fully saturated rings. The van der Waals surface area contributed by atoms with Gasteiger partial charge in [-0.15, -0.1) is 0 Å². The van der Waals surface area contributed by atoms with E-state index in [9.17, 15) is 20.1 Å². The van der Waals surface area contributed by atoms with Gasteiger partial charge in [0.05, 0.1) is 18.8 Å². The van der Waals surface area contributed by atoms with Crippen LogP contribution in [0.25, 0.3) is 0 Å². The van der Waals surface area contributed by atoms with Crippen LogP contribution in [0.5, 0.6) is 0 Å². The molecule has 1 amide bonds. The molecule has 0 aromatic carbocycles. The highest BCUT2D eigenvalue weighted by molar-refractivity contribution is 5.76. The quantitative estimate of drug-likeness (QED) is 0.0710. The SMILES string of the molecule is CCCC/C=C\CCCCCCC(=O)NC(CO)C(O)C(O)CCC/C=C/CC/C=C/CCCCCC. The Kier molecular flexibility index (Phi) is 26.5. The van der Waals surface area contributed by atoms with Gasteiger partial charge in [0.15, 0.2) is 0 Å². The summed E-state index contributed by atoms with van der Waals surface area (Å²) in [6.45, 7) is 4.04. The number of hydrogen-bond acceptors (Lipinski definition) is 4. The van der Waals surface area contributed by atoms with Gasteiger partial charge in [0.1, 0.15) is 6.10 Å². The summed E-state index contributed by atoms with van der Waals surface area (Å²) in [5.41, 5.74) is 0. The average molecular weight is 522 g/mol. The van der Waals surface area contributed by atoms with Gasteiger partial charge in [-0.1, -0.05) is 95.2 Å². The number of hydrogen-bond donors (Lipinski definition) is 4. The normalized spacial score (nSPS) is 14.6. The number of rotatable bonds is 26. The highest BCUT2D eigenvalue weighted by Crippen LogP contribution is 2.11. The Morgan fingerprint density at radius 1 is 0.649 bits per heavy atom. The van der Waals surface area contributed by atoms with Crippen LogP contribution >= 0.6 is 0 Å². The van der Waals surface area contributed by atoms with Gasteiger partial charge in [-0.2, -0.15) is 0 Å². The molecule has 0 aromatic heterocycles. The van der Waals surface area contributed by atoms with E-state index in [0.29, 0.717) is 12.8 Å². The molecule has 0 bridgehead atoms. The van der Waals surface area contributed by atoms with Gasteiger partial charge in [-0.3, -0.25) is 4.79 Å². The van der Waals surface area contributed by atoms with Crippen molar-refractivity contribution in [1.82, 2.24) is 5.32 Å². The molecular formula is C32H59NO4. The lowest BCUT2D eigenvalue weighted by Crippen LogP contribution is -2.50. The molecule has 3 atom stereocenters. The Morgan fingerprint density at radius 3 is 1.70 bits per heavy atom. The van der Waals surface area contributed by atoms with Gasteiger partial charge in [-0.25, -0.2) is 0 Å². The molecule has 0 aromatic rings. The average Bonchev–Trinajstić information content (AvgIpc) is 2.90. The van der Waals surface area contributed by atoms with Crippen molar-refractivity contribution in [2.45, 2.75) is 154 Å². The standard InChI is InChI=1S/C32H59NO4/c1-3-5-7-9-11-13-15-16-17-18-20-22-24-26-30(35)32(37)29(28-34)33-31(36)27-25-23-21-19-14-12-10-8-6-4-2/h10,12-13,15,18,20,29-30,32,34-35,37H,3-9,11,14,16-17,19,21-28H2,1-2H3,(H,33,36)/b12-10-,15-13+,20-18+. The fraction of sp³-hybridized carbons (Fsp3) is 0.781. The maximum atomic E-state index is 12.2. The van der Waals surface area contributed by atoms with Crippen LogP contribution in [0.15, 0.2) is 36.5 Å². The largest absolute Gasteiger partial charge is 0.394 e.